The number of esters is 2. The Morgan fingerprint density at radius 1 is 1.04 bits per heavy atom. The third-order valence-corrected chi connectivity index (χ3v) is 3.68. The van der Waals surface area contributed by atoms with Gasteiger partial charge in [-0.1, -0.05) is 0 Å². The molecule has 2 rings (SSSR count). The molecule has 7 heteroatoms. The fourth-order valence-electron chi connectivity index (χ4n) is 2.42. The van der Waals surface area contributed by atoms with E-state index in [-0.39, 0.29) is 17.7 Å². The van der Waals surface area contributed by atoms with Gasteiger partial charge < -0.3 is 14.2 Å². The molecule has 25 heavy (non-hydrogen) atoms. The molecular formula is C18H19NO6. The number of benzene rings is 1. The summed E-state index contributed by atoms with van der Waals surface area (Å²) in [6, 6.07) is 7.88. The van der Waals surface area contributed by atoms with Crippen molar-refractivity contribution in [3.8, 4) is 11.4 Å². The topological polar surface area (TPSA) is 83.8 Å². The van der Waals surface area contributed by atoms with Gasteiger partial charge in [0, 0.05) is 11.4 Å². The lowest BCUT2D eigenvalue weighted by atomic mass is 10.1. The maximum absolute atomic E-state index is 12.8. The van der Waals surface area contributed by atoms with Crippen LogP contribution in [0.4, 0.5) is 0 Å². The van der Waals surface area contributed by atoms with Crippen LogP contribution in [0, 0.1) is 6.92 Å². The van der Waals surface area contributed by atoms with Crippen molar-refractivity contribution in [2.24, 2.45) is 0 Å². The molecule has 0 radical (unpaired) electrons. The Hall–Kier alpha value is -3.09. The molecule has 0 aliphatic heterocycles. The fourth-order valence-corrected chi connectivity index (χ4v) is 2.42. The molecule has 0 aliphatic carbocycles. The summed E-state index contributed by atoms with van der Waals surface area (Å²) >= 11 is 0. The molecule has 0 amide bonds. The molecule has 1 aromatic carbocycles. The molecule has 0 saturated heterocycles. The average Bonchev–Trinajstić information content (AvgIpc) is 2.62. The first-order valence-electron chi connectivity index (χ1n) is 7.61. The molecule has 0 fully saturated rings. The number of pyridine rings is 1. The van der Waals surface area contributed by atoms with Gasteiger partial charge in [-0.3, -0.25) is 9.36 Å². The first kappa shape index (κ1) is 18.3. The summed E-state index contributed by atoms with van der Waals surface area (Å²) in [6.45, 7) is 3.35. The molecule has 0 saturated carbocycles. The van der Waals surface area contributed by atoms with Gasteiger partial charge in [-0.05, 0) is 44.2 Å². The molecule has 0 atom stereocenters. The zero-order valence-corrected chi connectivity index (χ0v) is 14.5. The van der Waals surface area contributed by atoms with Gasteiger partial charge in [0.05, 0.1) is 26.4 Å². The van der Waals surface area contributed by atoms with Gasteiger partial charge >= 0.3 is 11.9 Å². The molecule has 0 aliphatic rings. The number of ether oxygens (including phenoxy) is 3. The molecule has 0 bridgehead atoms. The molecule has 1 aromatic heterocycles. The van der Waals surface area contributed by atoms with E-state index < -0.39 is 17.5 Å². The second kappa shape index (κ2) is 7.65. The first-order chi connectivity index (χ1) is 11.9. The Labute approximate surface area is 144 Å². The molecule has 0 spiro atoms. The number of nitrogens with zero attached hydrogens (tertiary/aromatic N) is 1. The standard InChI is InChI=1S/C18H19NO6/c1-5-25-18(22)15-10-14(17(21)24-4)11(2)19(16(15)20)12-6-8-13(23-3)9-7-12/h6-10H,5H2,1-4H3. The smallest absolute Gasteiger partial charge is 0.343 e. The monoisotopic (exact) mass is 345 g/mol. The van der Waals surface area contributed by atoms with Crippen LogP contribution in [-0.2, 0) is 9.47 Å². The Balaban J connectivity index is 2.75. The summed E-state index contributed by atoms with van der Waals surface area (Å²) in [5, 5.41) is 0. The van der Waals surface area contributed by atoms with Gasteiger partial charge in [-0.2, -0.15) is 0 Å². The van der Waals surface area contributed by atoms with Crippen LogP contribution in [0.3, 0.4) is 0 Å². The number of hydrogen-bond donors (Lipinski definition) is 0. The van der Waals surface area contributed by atoms with Gasteiger partial charge in [0.1, 0.15) is 11.3 Å². The minimum Gasteiger partial charge on any atom is -0.497 e. The number of methoxy groups -OCH3 is 2. The molecule has 0 unspecified atom stereocenters. The van der Waals surface area contributed by atoms with Crippen molar-refractivity contribution < 1.29 is 23.8 Å². The van der Waals surface area contributed by atoms with E-state index in [1.54, 1.807) is 38.1 Å². The second-order valence-electron chi connectivity index (χ2n) is 5.11. The third kappa shape index (κ3) is 3.55. The summed E-state index contributed by atoms with van der Waals surface area (Å²) in [6.07, 6.45) is 0. The van der Waals surface area contributed by atoms with Crippen molar-refractivity contribution in [2.45, 2.75) is 13.8 Å². The minimum absolute atomic E-state index is 0.112. The lowest BCUT2D eigenvalue weighted by Crippen LogP contribution is -2.30. The van der Waals surface area contributed by atoms with Gasteiger partial charge in [-0.25, -0.2) is 9.59 Å². The minimum atomic E-state index is -0.792. The van der Waals surface area contributed by atoms with Crippen LogP contribution >= 0.6 is 0 Å². The lowest BCUT2D eigenvalue weighted by Gasteiger charge is -2.15. The fraction of sp³-hybridized carbons (Fsp3) is 0.278. The highest BCUT2D eigenvalue weighted by atomic mass is 16.5. The van der Waals surface area contributed by atoms with Crippen LogP contribution in [-0.4, -0.2) is 37.3 Å². The van der Waals surface area contributed by atoms with Crippen molar-refractivity contribution in [1.29, 1.82) is 0 Å². The first-order valence-corrected chi connectivity index (χ1v) is 7.61. The quantitative estimate of drug-likeness (QED) is 0.772. The summed E-state index contributed by atoms with van der Waals surface area (Å²) in [5.41, 5.74) is 0.146. The van der Waals surface area contributed by atoms with Crippen LogP contribution in [0.1, 0.15) is 33.3 Å². The van der Waals surface area contributed by atoms with Gasteiger partial charge in [0.15, 0.2) is 0 Å². The highest BCUT2D eigenvalue weighted by molar-refractivity contribution is 5.95. The number of hydrogen-bond acceptors (Lipinski definition) is 6. The maximum atomic E-state index is 12.8. The zero-order chi connectivity index (χ0) is 18.6. The van der Waals surface area contributed by atoms with Gasteiger partial charge in [0.2, 0.25) is 0 Å². The van der Waals surface area contributed by atoms with Crippen molar-refractivity contribution in [3.05, 3.63) is 57.5 Å². The van der Waals surface area contributed by atoms with E-state index in [0.717, 1.165) is 0 Å². The second-order valence-corrected chi connectivity index (χ2v) is 5.11. The van der Waals surface area contributed by atoms with E-state index in [1.807, 2.05) is 0 Å². The molecule has 0 N–H and O–H groups in total. The highest BCUT2D eigenvalue weighted by Gasteiger charge is 2.22. The van der Waals surface area contributed by atoms with Crippen LogP contribution in [0.5, 0.6) is 5.75 Å². The van der Waals surface area contributed by atoms with Crippen LogP contribution in [0.2, 0.25) is 0 Å². The molecular weight excluding hydrogens is 326 g/mol. The van der Waals surface area contributed by atoms with Crippen molar-refractivity contribution in [1.82, 2.24) is 4.57 Å². The van der Waals surface area contributed by atoms with E-state index in [0.29, 0.717) is 17.1 Å². The predicted molar refractivity (Wildman–Crippen MR) is 90.6 cm³/mol. The molecule has 132 valence electrons. The molecule has 2 aromatic rings. The van der Waals surface area contributed by atoms with Crippen LogP contribution < -0.4 is 10.3 Å². The van der Waals surface area contributed by atoms with Crippen LogP contribution in [0.15, 0.2) is 35.1 Å². The summed E-state index contributed by atoms with van der Waals surface area (Å²) in [5.74, 6) is -0.825. The summed E-state index contributed by atoms with van der Waals surface area (Å²) < 4.78 is 16.1. The van der Waals surface area contributed by atoms with Crippen LogP contribution in [0.25, 0.3) is 5.69 Å². The van der Waals surface area contributed by atoms with E-state index in [1.165, 1.54) is 24.9 Å². The Kier molecular flexibility index (Phi) is 5.59. The third-order valence-electron chi connectivity index (χ3n) is 3.68. The Morgan fingerprint density at radius 2 is 1.68 bits per heavy atom. The van der Waals surface area contributed by atoms with E-state index >= 15 is 0 Å². The predicted octanol–water partition coefficient (Wildman–Crippen LogP) is 2.12. The Bertz CT molecular complexity index is 851. The lowest BCUT2D eigenvalue weighted by molar-refractivity contribution is 0.0523. The van der Waals surface area contributed by atoms with E-state index in [9.17, 15) is 14.4 Å². The van der Waals surface area contributed by atoms with Crippen molar-refractivity contribution in [3.63, 3.8) is 0 Å². The molecule has 7 nitrogen and oxygen atoms in total. The average molecular weight is 345 g/mol. The van der Waals surface area contributed by atoms with E-state index in [4.69, 9.17) is 14.2 Å². The Morgan fingerprint density at radius 3 is 2.20 bits per heavy atom. The summed E-state index contributed by atoms with van der Waals surface area (Å²) in [4.78, 5) is 37.0. The number of carbonyl (C=O) groups is 2. The highest BCUT2D eigenvalue weighted by Crippen LogP contribution is 2.18. The maximum Gasteiger partial charge on any atom is 0.343 e. The largest absolute Gasteiger partial charge is 0.497 e. The normalized spacial score (nSPS) is 10.2. The SMILES string of the molecule is CCOC(=O)c1cc(C(=O)OC)c(C)n(-c2ccc(OC)cc2)c1=O. The summed E-state index contributed by atoms with van der Waals surface area (Å²) in [7, 11) is 2.76. The van der Waals surface area contributed by atoms with Crippen molar-refractivity contribution in [2.75, 3.05) is 20.8 Å². The molecule has 1 heterocycles. The number of rotatable bonds is 5. The van der Waals surface area contributed by atoms with Gasteiger partial charge in [0.25, 0.3) is 5.56 Å². The number of aromatic nitrogens is 1. The number of carbonyl (C=O) groups excluding carboxylic acids is 2. The van der Waals surface area contributed by atoms with E-state index in [2.05, 4.69) is 0 Å². The van der Waals surface area contributed by atoms with Gasteiger partial charge in [-0.15, -0.1) is 0 Å². The zero-order valence-electron chi connectivity index (χ0n) is 14.5. The van der Waals surface area contributed by atoms with Crippen molar-refractivity contribution >= 4 is 11.9 Å².